The number of furan rings is 1. The second kappa shape index (κ2) is 8.17. The van der Waals surface area contributed by atoms with Crippen LogP contribution in [-0.2, 0) is 13.1 Å². The van der Waals surface area contributed by atoms with E-state index in [0.717, 1.165) is 54.8 Å². The predicted molar refractivity (Wildman–Crippen MR) is 111 cm³/mol. The molecule has 0 atom stereocenters. The van der Waals surface area contributed by atoms with Crippen LogP contribution in [0.15, 0.2) is 53.1 Å². The van der Waals surface area contributed by atoms with Gasteiger partial charge in [0.2, 0.25) is 0 Å². The molecule has 4 rings (SSSR count). The van der Waals surface area contributed by atoms with Crippen molar-refractivity contribution < 1.29 is 9.21 Å². The number of fused-ring (bicyclic) bond motifs is 1. The third kappa shape index (κ3) is 4.26. The number of hydrogen-bond donors (Lipinski definition) is 1. The molecule has 0 spiro atoms. The first-order valence-corrected chi connectivity index (χ1v) is 9.83. The van der Waals surface area contributed by atoms with Crippen molar-refractivity contribution in [1.29, 1.82) is 0 Å². The Labute approximate surface area is 165 Å². The van der Waals surface area contributed by atoms with E-state index in [9.17, 15) is 4.79 Å². The summed E-state index contributed by atoms with van der Waals surface area (Å²) in [6.45, 7) is 7.92. The van der Waals surface area contributed by atoms with E-state index in [4.69, 9.17) is 4.42 Å². The minimum Gasteiger partial charge on any atom is -0.463 e. The molecular formula is C23H27N3O2. The number of amides is 1. The van der Waals surface area contributed by atoms with Gasteiger partial charge in [-0.2, -0.15) is 0 Å². The van der Waals surface area contributed by atoms with Crippen molar-refractivity contribution in [2.24, 2.45) is 0 Å². The Morgan fingerprint density at radius 3 is 2.68 bits per heavy atom. The van der Waals surface area contributed by atoms with Crippen LogP contribution in [0.2, 0.25) is 0 Å². The minimum atomic E-state index is -0.105. The summed E-state index contributed by atoms with van der Waals surface area (Å²) in [4.78, 5) is 17.5. The molecule has 0 radical (unpaired) electrons. The van der Waals surface area contributed by atoms with Crippen molar-refractivity contribution in [2.45, 2.75) is 20.0 Å². The molecule has 0 unspecified atom stereocenters. The fourth-order valence-electron chi connectivity index (χ4n) is 3.69. The summed E-state index contributed by atoms with van der Waals surface area (Å²) in [5.74, 6) is -0.105. The van der Waals surface area contributed by atoms with Gasteiger partial charge in [0.15, 0.2) is 0 Å². The van der Waals surface area contributed by atoms with Crippen LogP contribution in [0.25, 0.3) is 11.0 Å². The van der Waals surface area contributed by atoms with Gasteiger partial charge >= 0.3 is 0 Å². The summed E-state index contributed by atoms with van der Waals surface area (Å²) in [6, 6.07) is 14.4. The summed E-state index contributed by atoms with van der Waals surface area (Å²) >= 11 is 0. The summed E-state index contributed by atoms with van der Waals surface area (Å²) in [6.07, 6.45) is 1.54. The highest BCUT2D eigenvalue weighted by Crippen LogP contribution is 2.22. The van der Waals surface area contributed by atoms with Crippen molar-refractivity contribution in [3.8, 4) is 0 Å². The quantitative estimate of drug-likeness (QED) is 0.740. The van der Waals surface area contributed by atoms with E-state index in [-0.39, 0.29) is 5.91 Å². The number of piperazine rings is 1. The maximum absolute atomic E-state index is 12.6. The molecule has 0 bridgehead atoms. The van der Waals surface area contributed by atoms with Crippen molar-refractivity contribution >= 4 is 16.9 Å². The molecule has 1 amide bonds. The number of nitrogens with zero attached hydrogens (tertiary/aromatic N) is 2. The SMILES string of the molecule is Cc1ccc2c(C(=O)NCc3cccc(CN4CCN(C)CC4)c3)coc2c1. The van der Waals surface area contributed by atoms with Crippen LogP contribution in [0.4, 0.5) is 0 Å². The van der Waals surface area contributed by atoms with Gasteiger partial charge in [0, 0.05) is 44.7 Å². The molecule has 2 heterocycles. The smallest absolute Gasteiger partial charge is 0.255 e. The molecule has 3 aromatic rings. The third-order valence-corrected chi connectivity index (χ3v) is 5.42. The first kappa shape index (κ1) is 18.7. The van der Waals surface area contributed by atoms with Crippen LogP contribution >= 0.6 is 0 Å². The standard InChI is InChI=1S/C23H27N3O2/c1-17-6-7-20-21(16-28-22(20)12-17)23(27)24-14-18-4-3-5-19(13-18)15-26-10-8-25(2)9-11-26/h3-7,12-13,16H,8-11,14-15H2,1-2H3,(H,24,27). The Morgan fingerprint density at radius 2 is 1.86 bits per heavy atom. The molecule has 2 aromatic carbocycles. The molecular weight excluding hydrogens is 350 g/mol. The average Bonchev–Trinajstić information content (AvgIpc) is 3.11. The van der Waals surface area contributed by atoms with E-state index in [1.165, 1.54) is 5.56 Å². The Hall–Kier alpha value is -2.63. The van der Waals surface area contributed by atoms with Crippen molar-refractivity contribution in [1.82, 2.24) is 15.1 Å². The van der Waals surface area contributed by atoms with Gasteiger partial charge in [-0.25, -0.2) is 0 Å². The number of aryl methyl sites for hydroxylation is 1. The maximum Gasteiger partial charge on any atom is 0.255 e. The molecule has 1 aliphatic rings. The Balaban J connectivity index is 1.38. The van der Waals surface area contributed by atoms with Gasteiger partial charge in [-0.15, -0.1) is 0 Å². The van der Waals surface area contributed by atoms with E-state index >= 15 is 0 Å². The fraction of sp³-hybridized carbons (Fsp3) is 0.348. The Morgan fingerprint density at radius 1 is 1.07 bits per heavy atom. The largest absolute Gasteiger partial charge is 0.463 e. The third-order valence-electron chi connectivity index (χ3n) is 5.42. The van der Waals surface area contributed by atoms with Crippen molar-refractivity contribution in [3.05, 3.63) is 71.0 Å². The number of carbonyl (C=O) groups is 1. The topological polar surface area (TPSA) is 48.7 Å². The number of likely N-dealkylation sites (N-methyl/N-ethyl adjacent to an activating group) is 1. The molecule has 5 nitrogen and oxygen atoms in total. The molecule has 28 heavy (non-hydrogen) atoms. The monoisotopic (exact) mass is 377 g/mol. The van der Waals surface area contributed by atoms with E-state index in [1.54, 1.807) is 6.26 Å². The van der Waals surface area contributed by atoms with Gasteiger partial charge in [0.25, 0.3) is 5.91 Å². The first-order valence-electron chi connectivity index (χ1n) is 9.83. The molecule has 1 saturated heterocycles. The normalized spacial score (nSPS) is 15.8. The minimum absolute atomic E-state index is 0.105. The van der Waals surface area contributed by atoms with Crippen LogP contribution in [0.5, 0.6) is 0 Å². The molecule has 0 aliphatic carbocycles. The molecule has 5 heteroatoms. The summed E-state index contributed by atoms with van der Waals surface area (Å²) < 4.78 is 5.54. The zero-order chi connectivity index (χ0) is 19.5. The molecule has 1 N–H and O–H groups in total. The fourth-order valence-corrected chi connectivity index (χ4v) is 3.69. The predicted octanol–water partition coefficient (Wildman–Crippen LogP) is 3.42. The van der Waals surface area contributed by atoms with Crippen LogP contribution in [0.1, 0.15) is 27.0 Å². The number of benzene rings is 2. The lowest BCUT2D eigenvalue weighted by atomic mass is 10.1. The van der Waals surface area contributed by atoms with Crippen LogP contribution in [-0.4, -0.2) is 48.9 Å². The van der Waals surface area contributed by atoms with Crippen molar-refractivity contribution in [2.75, 3.05) is 33.2 Å². The van der Waals surface area contributed by atoms with E-state index in [0.29, 0.717) is 12.1 Å². The van der Waals surface area contributed by atoms with Crippen LogP contribution < -0.4 is 5.32 Å². The van der Waals surface area contributed by atoms with E-state index < -0.39 is 0 Å². The second-order valence-electron chi connectivity index (χ2n) is 7.73. The second-order valence-corrected chi connectivity index (χ2v) is 7.73. The van der Waals surface area contributed by atoms with Gasteiger partial charge in [0.1, 0.15) is 11.8 Å². The summed E-state index contributed by atoms with van der Waals surface area (Å²) in [7, 11) is 2.17. The highest BCUT2D eigenvalue weighted by molar-refractivity contribution is 6.05. The van der Waals surface area contributed by atoms with Crippen LogP contribution in [0, 0.1) is 6.92 Å². The highest BCUT2D eigenvalue weighted by Gasteiger charge is 2.15. The summed E-state index contributed by atoms with van der Waals surface area (Å²) in [5.41, 5.74) is 4.86. The van der Waals surface area contributed by atoms with Crippen molar-refractivity contribution in [3.63, 3.8) is 0 Å². The average molecular weight is 377 g/mol. The van der Waals surface area contributed by atoms with Gasteiger partial charge in [-0.3, -0.25) is 9.69 Å². The molecule has 0 saturated carbocycles. The lowest BCUT2D eigenvalue weighted by molar-refractivity contribution is 0.0951. The number of carbonyl (C=O) groups excluding carboxylic acids is 1. The number of nitrogens with one attached hydrogen (secondary N) is 1. The lowest BCUT2D eigenvalue weighted by Crippen LogP contribution is -2.43. The lowest BCUT2D eigenvalue weighted by Gasteiger charge is -2.32. The zero-order valence-electron chi connectivity index (χ0n) is 16.6. The Kier molecular flexibility index (Phi) is 5.46. The number of rotatable bonds is 5. The highest BCUT2D eigenvalue weighted by atomic mass is 16.3. The number of hydrogen-bond acceptors (Lipinski definition) is 4. The van der Waals surface area contributed by atoms with Gasteiger partial charge in [-0.05, 0) is 36.7 Å². The van der Waals surface area contributed by atoms with Crippen LogP contribution in [0.3, 0.4) is 0 Å². The summed E-state index contributed by atoms with van der Waals surface area (Å²) in [5, 5.41) is 3.88. The molecule has 1 aromatic heterocycles. The zero-order valence-corrected chi connectivity index (χ0v) is 16.6. The molecule has 146 valence electrons. The van der Waals surface area contributed by atoms with Gasteiger partial charge in [-0.1, -0.05) is 36.4 Å². The van der Waals surface area contributed by atoms with Gasteiger partial charge < -0.3 is 14.6 Å². The molecule has 1 fully saturated rings. The van der Waals surface area contributed by atoms with E-state index in [1.807, 2.05) is 25.1 Å². The Bertz CT molecular complexity index is 971. The van der Waals surface area contributed by atoms with Gasteiger partial charge in [0.05, 0.1) is 5.56 Å². The first-order chi connectivity index (χ1) is 13.6. The van der Waals surface area contributed by atoms with E-state index in [2.05, 4.69) is 46.4 Å². The molecule has 1 aliphatic heterocycles. The maximum atomic E-state index is 12.6.